The highest BCUT2D eigenvalue weighted by atomic mass is 35.5. The van der Waals surface area contributed by atoms with E-state index >= 15 is 0 Å². The third-order valence-electron chi connectivity index (χ3n) is 3.92. The number of rotatable bonds is 5. The van der Waals surface area contributed by atoms with Gasteiger partial charge in [0.15, 0.2) is 0 Å². The van der Waals surface area contributed by atoms with E-state index in [0.717, 1.165) is 19.3 Å². The fourth-order valence-electron chi connectivity index (χ4n) is 2.75. The van der Waals surface area contributed by atoms with Gasteiger partial charge in [0.25, 0.3) is 0 Å². The van der Waals surface area contributed by atoms with Gasteiger partial charge < -0.3 is 16.4 Å². The number of hydrogen-bond donors (Lipinski definition) is 3. The average molecular weight is 381 g/mol. The van der Waals surface area contributed by atoms with Crippen molar-refractivity contribution in [2.75, 3.05) is 18.4 Å². The lowest BCUT2D eigenvalue weighted by molar-refractivity contribution is -0.128. The highest BCUT2D eigenvalue weighted by Gasteiger charge is 2.31. The van der Waals surface area contributed by atoms with Gasteiger partial charge in [0.05, 0.1) is 17.3 Å². The molecule has 2 atom stereocenters. The molecule has 0 aliphatic heterocycles. The summed E-state index contributed by atoms with van der Waals surface area (Å²) in [5.41, 5.74) is 6.09. The standard InChI is InChI=1S/C15H19Cl2N3O2.ClH/c16-10-4-5-12(17)13(6-10)20-14(21)8-19-15(22)11-3-1-2-9(11)7-18;/h4-6,9,11H,1-3,7-8,18H2,(H,19,22)(H,20,21);1H/t9-,11-;/m1./s1. The molecule has 4 N–H and O–H groups in total. The SMILES string of the molecule is Cl.NC[C@H]1CCC[C@H]1C(=O)NCC(=O)Nc1cc(Cl)ccc1Cl. The first-order valence-electron chi connectivity index (χ1n) is 7.24. The molecule has 0 bridgehead atoms. The predicted molar refractivity (Wildman–Crippen MR) is 95.2 cm³/mol. The number of benzene rings is 1. The molecule has 2 amide bonds. The molecule has 128 valence electrons. The molecule has 1 aliphatic carbocycles. The Morgan fingerprint density at radius 1 is 1.26 bits per heavy atom. The average Bonchev–Trinajstić information content (AvgIpc) is 2.97. The lowest BCUT2D eigenvalue weighted by Crippen LogP contribution is -2.39. The summed E-state index contributed by atoms with van der Waals surface area (Å²) in [5.74, 6) is -0.335. The molecule has 8 heteroatoms. The van der Waals surface area contributed by atoms with Crippen LogP contribution in [0.3, 0.4) is 0 Å². The number of carbonyl (C=O) groups is 2. The summed E-state index contributed by atoms with van der Waals surface area (Å²) in [5, 5.41) is 6.15. The molecular formula is C15H20Cl3N3O2. The van der Waals surface area contributed by atoms with E-state index in [2.05, 4.69) is 10.6 Å². The smallest absolute Gasteiger partial charge is 0.243 e. The molecule has 1 fully saturated rings. The van der Waals surface area contributed by atoms with Crippen LogP contribution in [0, 0.1) is 11.8 Å². The van der Waals surface area contributed by atoms with Crippen LogP contribution in [0.2, 0.25) is 10.0 Å². The normalized spacial score (nSPS) is 19.8. The molecule has 23 heavy (non-hydrogen) atoms. The van der Waals surface area contributed by atoms with Crippen molar-refractivity contribution >= 4 is 53.1 Å². The van der Waals surface area contributed by atoms with Gasteiger partial charge in [-0.25, -0.2) is 0 Å². The molecule has 2 rings (SSSR count). The Kier molecular flexibility index (Phi) is 8.12. The van der Waals surface area contributed by atoms with Crippen LogP contribution >= 0.6 is 35.6 Å². The van der Waals surface area contributed by atoms with E-state index in [9.17, 15) is 9.59 Å². The lowest BCUT2D eigenvalue weighted by Gasteiger charge is -2.17. The van der Waals surface area contributed by atoms with Crippen LogP contribution in [0.4, 0.5) is 5.69 Å². The minimum atomic E-state index is -0.347. The van der Waals surface area contributed by atoms with Gasteiger partial charge in [0.1, 0.15) is 0 Å². The van der Waals surface area contributed by atoms with Crippen molar-refractivity contribution in [1.29, 1.82) is 0 Å². The van der Waals surface area contributed by atoms with Gasteiger partial charge in [-0.2, -0.15) is 0 Å². The first-order valence-corrected chi connectivity index (χ1v) is 7.99. The van der Waals surface area contributed by atoms with Gasteiger partial charge in [0, 0.05) is 10.9 Å². The number of nitrogens with two attached hydrogens (primary N) is 1. The summed E-state index contributed by atoms with van der Waals surface area (Å²) in [6.45, 7) is 0.401. The largest absolute Gasteiger partial charge is 0.347 e. The van der Waals surface area contributed by atoms with Crippen LogP contribution < -0.4 is 16.4 Å². The summed E-state index contributed by atoms with van der Waals surface area (Å²) in [6, 6.07) is 4.79. The van der Waals surface area contributed by atoms with Crippen molar-refractivity contribution in [1.82, 2.24) is 5.32 Å². The van der Waals surface area contributed by atoms with E-state index in [-0.39, 0.29) is 42.6 Å². The van der Waals surface area contributed by atoms with Gasteiger partial charge in [-0.05, 0) is 43.5 Å². The van der Waals surface area contributed by atoms with E-state index < -0.39 is 0 Å². The van der Waals surface area contributed by atoms with Crippen LogP contribution in [-0.2, 0) is 9.59 Å². The fourth-order valence-corrected chi connectivity index (χ4v) is 3.09. The highest BCUT2D eigenvalue weighted by Crippen LogP contribution is 2.31. The van der Waals surface area contributed by atoms with Gasteiger partial charge >= 0.3 is 0 Å². The third kappa shape index (κ3) is 5.53. The van der Waals surface area contributed by atoms with Crippen LogP contribution in [-0.4, -0.2) is 24.9 Å². The maximum absolute atomic E-state index is 12.1. The highest BCUT2D eigenvalue weighted by molar-refractivity contribution is 6.35. The summed E-state index contributed by atoms with van der Waals surface area (Å²) in [6.07, 6.45) is 2.80. The van der Waals surface area contributed by atoms with Gasteiger partial charge in [-0.15, -0.1) is 12.4 Å². The molecule has 0 heterocycles. The van der Waals surface area contributed by atoms with Crippen molar-refractivity contribution < 1.29 is 9.59 Å². The molecule has 0 saturated heterocycles. The summed E-state index contributed by atoms with van der Waals surface area (Å²) in [4.78, 5) is 24.0. The maximum Gasteiger partial charge on any atom is 0.243 e. The van der Waals surface area contributed by atoms with E-state index in [1.54, 1.807) is 18.2 Å². The predicted octanol–water partition coefficient (Wildman–Crippen LogP) is 2.84. The van der Waals surface area contributed by atoms with E-state index in [0.29, 0.717) is 22.3 Å². The molecule has 1 aromatic rings. The quantitative estimate of drug-likeness (QED) is 0.734. The van der Waals surface area contributed by atoms with E-state index in [4.69, 9.17) is 28.9 Å². The van der Waals surface area contributed by atoms with E-state index in [1.165, 1.54) is 0 Å². The first kappa shape index (κ1) is 20.0. The second kappa shape index (κ2) is 9.33. The Labute approximate surface area is 151 Å². The second-order valence-electron chi connectivity index (χ2n) is 5.42. The van der Waals surface area contributed by atoms with Crippen molar-refractivity contribution in [2.45, 2.75) is 19.3 Å². The number of nitrogens with one attached hydrogen (secondary N) is 2. The summed E-state index contributed by atoms with van der Waals surface area (Å²) < 4.78 is 0. The van der Waals surface area contributed by atoms with Crippen LogP contribution in [0.25, 0.3) is 0 Å². The first-order chi connectivity index (χ1) is 10.5. The molecule has 0 spiro atoms. The molecule has 1 aliphatic rings. The van der Waals surface area contributed by atoms with Crippen LogP contribution in [0.15, 0.2) is 18.2 Å². The van der Waals surface area contributed by atoms with Crippen molar-refractivity contribution in [2.24, 2.45) is 17.6 Å². The summed E-state index contributed by atoms with van der Waals surface area (Å²) in [7, 11) is 0. The zero-order valence-electron chi connectivity index (χ0n) is 12.5. The Hall–Kier alpha value is -1.01. The number of amides is 2. The Morgan fingerprint density at radius 2 is 2.00 bits per heavy atom. The minimum Gasteiger partial charge on any atom is -0.347 e. The topological polar surface area (TPSA) is 84.2 Å². The summed E-state index contributed by atoms with van der Waals surface area (Å²) >= 11 is 11.8. The molecular weight excluding hydrogens is 361 g/mol. The fraction of sp³-hybridized carbons (Fsp3) is 0.467. The molecule has 0 unspecified atom stereocenters. The Morgan fingerprint density at radius 3 is 2.70 bits per heavy atom. The van der Waals surface area contributed by atoms with Gasteiger partial charge in [0.2, 0.25) is 11.8 Å². The molecule has 5 nitrogen and oxygen atoms in total. The number of halogens is 3. The third-order valence-corrected chi connectivity index (χ3v) is 4.49. The minimum absolute atomic E-state index is 0. The van der Waals surface area contributed by atoms with Crippen LogP contribution in [0.1, 0.15) is 19.3 Å². The maximum atomic E-state index is 12.1. The van der Waals surface area contributed by atoms with Gasteiger partial charge in [-0.3, -0.25) is 9.59 Å². The van der Waals surface area contributed by atoms with Crippen molar-refractivity contribution in [3.05, 3.63) is 28.2 Å². The van der Waals surface area contributed by atoms with Gasteiger partial charge in [-0.1, -0.05) is 29.6 Å². The number of carbonyl (C=O) groups excluding carboxylic acids is 2. The Bertz CT molecular complexity index is 569. The van der Waals surface area contributed by atoms with E-state index in [1.807, 2.05) is 0 Å². The monoisotopic (exact) mass is 379 g/mol. The molecule has 1 saturated carbocycles. The number of hydrogen-bond acceptors (Lipinski definition) is 3. The van der Waals surface area contributed by atoms with Crippen molar-refractivity contribution in [3.8, 4) is 0 Å². The Balaban J connectivity index is 0.00000264. The number of anilines is 1. The molecule has 0 aromatic heterocycles. The lowest BCUT2D eigenvalue weighted by atomic mass is 9.95. The van der Waals surface area contributed by atoms with Crippen LogP contribution in [0.5, 0.6) is 0 Å². The molecule has 1 aromatic carbocycles. The zero-order valence-corrected chi connectivity index (χ0v) is 14.8. The second-order valence-corrected chi connectivity index (χ2v) is 6.27. The zero-order chi connectivity index (χ0) is 16.1. The van der Waals surface area contributed by atoms with Crippen molar-refractivity contribution in [3.63, 3.8) is 0 Å². The molecule has 0 radical (unpaired) electrons.